The van der Waals surface area contributed by atoms with Gasteiger partial charge < -0.3 is 15.2 Å². The zero-order chi connectivity index (χ0) is 15.2. The van der Waals surface area contributed by atoms with E-state index in [2.05, 4.69) is 9.97 Å². The fraction of sp³-hybridized carbons (Fsp3) is 0.267. The highest BCUT2D eigenvalue weighted by molar-refractivity contribution is 5.90. The molecule has 0 fully saturated rings. The largest absolute Gasteiger partial charge is 0.462 e. The summed E-state index contributed by atoms with van der Waals surface area (Å²) in [5.41, 5.74) is 7.37. The van der Waals surface area contributed by atoms with Crippen LogP contribution in [0.3, 0.4) is 0 Å². The van der Waals surface area contributed by atoms with E-state index in [1.807, 2.05) is 18.2 Å². The average Bonchev–Trinajstić information content (AvgIpc) is 2.47. The highest BCUT2D eigenvalue weighted by Gasteiger charge is 2.13. The first kappa shape index (κ1) is 14.9. The molecule has 110 valence electrons. The first-order valence-electron chi connectivity index (χ1n) is 6.61. The van der Waals surface area contributed by atoms with Crippen LogP contribution in [-0.2, 0) is 11.3 Å². The van der Waals surface area contributed by atoms with Gasteiger partial charge in [0.2, 0.25) is 0 Å². The number of nitrogens with zero attached hydrogens (tertiary/aromatic N) is 2. The second-order valence-electron chi connectivity index (χ2n) is 4.33. The van der Waals surface area contributed by atoms with Crippen molar-refractivity contribution in [1.29, 1.82) is 0 Å². The molecule has 6 nitrogen and oxygen atoms in total. The second kappa shape index (κ2) is 6.81. The van der Waals surface area contributed by atoms with Crippen molar-refractivity contribution >= 4 is 5.97 Å². The number of ether oxygens (including phenoxy) is 2. The summed E-state index contributed by atoms with van der Waals surface area (Å²) in [5.74, 6) is 0.160. The molecule has 2 N–H and O–H groups in total. The Balaban J connectivity index is 2.18. The Labute approximate surface area is 122 Å². The molecule has 0 unspecified atom stereocenters. The van der Waals surface area contributed by atoms with Gasteiger partial charge in [0.25, 0.3) is 0 Å². The maximum Gasteiger partial charge on any atom is 0.341 e. The lowest BCUT2D eigenvalue weighted by Crippen LogP contribution is -2.09. The zero-order valence-corrected chi connectivity index (χ0v) is 12.0. The third-order valence-electron chi connectivity index (χ3n) is 2.80. The van der Waals surface area contributed by atoms with Gasteiger partial charge in [0.1, 0.15) is 5.75 Å². The molecular formula is C15H17N3O3. The van der Waals surface area contributed by atoms with Crippen LogP contribution in [0.15, 0.2) is 30.5 Å². The number of nitrogens with two attached hydrogens (primary N) is 1. The van der Waals surface area contributed by atoms with Gasteiger partial charge in [0.15, 0.2) is 0 Å². The summed E-state index contributed by atoms with van der Waals surface area (Å²) < 4.78 is 10.5. The number of esters is 1. The fourth-order valence-corrected chi connectivity index (χ4v) is 1.75. The van der Waals surface area contributed by atoms with E-state index in [0.717, 1.165) is 5.56 Å². The molecule has 0 atom stereocenters. The highest BCUT2D eigenvalue weighted by Crippen LogP contribution is 2.20. The van der Waals surface area contributed by atoms with Crippen molar-refractivity contribution < 1.29 is 14.3 Å². The Morgan fingerprint density at radius 1 is 1.38 bits per heavy atom. The number of benzene rings is 1. The van der Waals surface area contributed by atoms with Gasteiger partial charge in [0.05, 0.1) is 17.9 Å². The first-order valence-corrected chi connectivity index (χ1v) is 6.61. The average molecular weight is 287 g/mol. The van der Waals surface area contributed by atoms with Crippen LogP contribution in [0.25, 0.3) is 0 Å². The smallest absolute Gasteiger partial charge is 0.341 e. The molecular weight excluding hydrogens is 270 g/mol. The van der Waals surface area contributed by atoms with Crippen molar-refractivity contribution in [3.05, 3.63) is 47.3 Å². The van der Waals surface area contributed by atoms with E-state index in [9.17, 15) is 4.79 Å². The SMILES string of the molecule is CCOC(=O)c1cnc(Oc2cccc(CN)c2)nc1C. The molecule has 21 heavy (non-hydrogen) atoms. The van der Waals surface area contributed by atoms with Crippen molar-refractivity contribution in [3.63, 3.8) is 0 Å². The van der Waals surface area contributed by atoms with Gasteiger partial charge in [-0.05, 0) is 31.5 Å². The minimum absolute atomic E-state index is 0.176. The lowest BCUT2D eigenvalue weighted by Gasteiger charge is -2.08. The first-order chi connectivity index (χ1) is 10.1. The number of rotatable bonds is 5. The molecule has 0 amide bonds. The number of hydrogen-bond acceptors (Lipinski definition) is 6. The lowest BCUT2D eigenvalue weighted by atomic mass is 10.2. The summed E-state index contributed by atoms with van der Waals surface area (Å²) in [7, 11) is 0. The van der Waals surface area contributed by atoms with Crippen LogP contribution in [0.5, 0.6) is 11.8 Å². The number of aromatic nitrogens is 2. The van der Waals surface area contributed by atoms with Crippen molar-refractivity contribution in [3.8, 4) is 11.8 Å². The van der Waals surface area contributed by atoms with Gasteiger partial charge in [-0.25, -0.2) is 9.78 Å². The van der Waals surface area contributed by atoms with E-state index < -0.39 is 5.97 Å². The van der Waals surface area contributed by atoms with E-state index >= 15 is 0 Å². The third-order valence-corrected chi connectivity index (χ3v) is 2.80. The third kappa shape index (κ3) is 3.76. The van der Waals surface area contributed by atoms with Crippen molar-refractivity contribution in [2.24, 2.45) is 5.73 Å². The van der Waals surface area contributed by atoms with Crippen LogP contribution in [0.4, 0.5) is 0 Å². The predicted octanol–water partition coefficient (Wildman–Crippen LogP) is 2.21. The summed E-state index contributed by atoms with van der Waals surface area (Å²) >= 11 is 0. The number of hydrogen-bond donors (Lipinski definition) is 1. The summed E-state index contributed by atoms with van der Waals surface area (Å²) in [5, 5.41) is 0. The Morgan fingerprint density at radius 2 is 2.19 bits per heavy atom. The van der Waals surface area contributed by atoms with Crippen LogP contribution in [0, 0.1) is 6.92 Å². The van der Waals surface area contributed by atoms with Crippen LogP contribution >= 0.6 is 0 Å². The van der Waals surface area contributed by atoms with Gasteiger partial charge in [-0.2, -0.15) is 4.98 Å². The molecule has 0 spiro atoms. The maximum absolute atomic E-state index is 11.7. The summed E-state index contributed by atoms with van der Waals surface area (Å²) in [6, 6.07) is 7.53. The van der Waals surface area contributed by atoms with Gasteiger partial charge in [-0.15, -0.1) is 0 Å². The molecule has 0 saturated carbocycles. The van der Waals surface area contributed by atoms with Crippen LogP contribution in [0.2, 0.25) is 0 Å². The molecule has 0 radical (unpaired) electrons. The Morgan fingerprint density at radius 3 is 2.86 bits per heavy atom. The maximum atomic E-state index is 11.7. The second-order valence-corrected chi connectivity index (χ2v) is 4.33. The molecule has 0 bridgehead atoms. The molecule has 6 heteroatoms. The molecule has 1 aromatic heterocycles. The fourth-order valence-electron chi connectivity index (χ4n) is 1.75. The van der Waals surface area contributed by atoms with E-state index in [-0.39, 0.29) is 6.01 Å². The van der Waals surface area contributed by atoms with E-state index in [1.165, 1.54) is 6.20 Å². The molecule has 0 aliphatic rings. The van der Waals surface area contributed by atoms with Gasteiger partial charge >= 0.3 is 12.0 Å². The minimum Gasteiger partial charge on any atom is -0.462 e. The summed E-state index contributed by atoms with van der Waals surface area (Å²) in [4.78, 5) is 19.9. The van der Waals surface area contributed by atoms with Crippen LogP contribution in [0.1, 0.15) is 28.5 Å². The normalized spacial score (nSPS) is 10.2. The quantitative estimate of drug-likeness (QED) is 0.848. The molecule has 2 rings (SSSR count). The van der Waals surface area contributed by atoms with Gasteiger partial charge in [-0.3, -0.25) is 0 Å². The molecule has 0 saturated heterocycles. The van der Waals surface area contributed by atoms with Crippen LogP contribution < -0.4 is 10.5 Å². The van der Waals surface area contributed by atoms with Gasteiger partial charge in [-0.1, -0.05) is 12.1 Å². The summed E-state index contributed by atoms with van der Waals surface area (Å²) in [6.45, 7) is 4.19. The van der Waals surface area contributed by atoms with E-state index in [4.69, 9.17) is 15.2 Å². The highest BCUT2D eigenvalue weighted by atomic mass is 16.5. The molecule has 1 aromatic carbocycles. The molecule has 2 aromatic rings. The monoisotopic (exact) mass is 287 g/mol. The van der Waals surface area contributed by atoms with Gasteiger partial charge in [0, 0.05) is 12.7 Å². The Bertz CT molecular complexity index is 644. The van der Waals surface area contributed by atoms with Crippen molar-refractivity contribution in [2.75, 3.05) is 6.61 Å². The summed E-state index contributed by atoms with van der Waals surface area (Å²) in [6.07, 6.45) is 1.41. The molecule has 0 aliphatic carbocycles. The number of aryl methyl sites for hydroxylation is 1. The van der Waals surface area contributed by atoms with Crippen molar-refractivity contribution in [1.82, 2.24) is 9.97 Å². The van der Waals surface area contributed by atoms with E-state index in [0.29, 0.717) is 30.2 Å². The Kier molecular flexibility index (Phi) is 4.84. The molecule has 0 aliphatic heterocycles. The standard InChI is InChI=1S/C15H17N3O3/c1-3-20-14(19)13-9-17-15(18-10(13)2)21-12-6-4-5-11(7-12)8-16/h4-7,9H,3,8,16H2,1-2H3. The molecule has 1 heterocycles. The minimum atomic E-state index is -0.438. The van der Waals surface area contributed by atoms with Crippen LogP contribution in [-0.4, -0.2) is 22.5 Å². The number of carbonyl (C=O) groups is 1. The predicted molar refractivity (Wildman–Crippen MR) is 77.1 cm³/mol. The van der Waals surface area contributed by atoms with Crippen molar-refractivity contribution in [2.45, 2.75) is 20.4 Å². The number of carbonyl (C=O) groups excluding carboxylic acids is 1. The Hall–Kier alpha value is -2.47. The topological polar surface area (TPSA) is 87.3 Å². The zero-order valence-electron chi connectivity index (χ0n) is 12.0. The lowest BCUT2D eigenvalue weighted by molar-refractivity contribution is 0.0524. The van der Waals surface area contributed by atoms with E-state index in [1.54, 1.807) is 19.9 Å².